The summed E-state index contributed by atoms with van der Waals surface area (Å²) in [5.41, 5.74) is 0. The van der Waals surface area contributed by atoms with Gasteiger partial charge in [0, 0.05) is 0 Å². The monoisotopic (exact) mass is 178 g/mol. The van der Waals surface area contributed by atoms with E-state index in [1.807, 2.05) is 0 Å². The Kier molecular flexibility index (Phi) is 5.41. The van der Waals surface area contributed by atoms with E-state index in [-0.39, 0.29) is 19.8 Å². The van der Waals surface area contributed by atoms with E-state index < -0.39 is 11.2 Å². The lowest BCUT2D eigenvalue weighted by molar-refractivity contribution is -0.757. The van der Waals surface area contributed by atoms with Gasteiger partial charge in [-0.1, -0.05) is 0 Å². The Morgan fingerprint density at radius 1 is 1.42 bits per heavy atom. The quantitative estimate of drug-likeness (QED) is 0.258. The van der Waals surface area contributed by atoms with Crippen molar-refractivity contribution >= 4 is 6.16 Å². The molecule has 12 heavy (non-hydrogen) atoms. The SMILES string of the molecule is [CH2]COC(=O)OCCO[N+](=O)[O-]. The first kappa shape index (κ1) is 10.5. The summed E-state index contributed by atoms with van der Waals surface area (Å²) >= 11 is 0. The summed E-state index contributed by atoms with van der Waals surface area (Å²) in [6.45, 7) is 2.64. The Hall–Kier alpha value is -1.53. The van der Waals surface area contributed by atoms with E-state index in [0.29, 0.717) is 0 Å². The van der Waals surface area contributed by atoms with Crippen LogP contribution in [0.2, 0.25) is 0 Å². The Morgan fingerprint density at radius 2 is 2.08 bits per heavy atom. The molecule has 0 aromatic heterocycles. The van der Waals surface area contributed by atoms with Crippen molar-refractivity contribution < 1.29 is 24.2 Å². The first-order valence-corrected chi connectivity index (χ1v) is 3.03. The van der Waals surface area contributed by atoms with Crippen LogP contribution >= 0.6 is 0 Å². The Morgan fingerprint density at radius 3 is 2.58 bits per heavy atom. The minimum absolute atomic E-state index is 0.0467. The van der Waals surface area contributed by atoms with Crippen LogP contribution in [-0.2, 0) is 14.3 Å². The highest BCUT2D eigenvalue weighted by atomic mass is 17.0. The highest BCUT2D eigenvalue weighted by Gasteiger charge is 2.01. The Balaban J connectivity index is 3.19. The predicted molar refractivity (Wildman–Crippen MR) is 35.6 cm³/mol. The van der Waals surface area contributed by atoms with Crippen LogP contribution in [0.4, 0.5) is 4.79 Å². The lowest BCUT2D eigenvalue weighted by Gasteiger charge is -2.02. The second-order valence-electron chi connectivity index (χ2n) is 1.50. The lowest BCUT2D eigenvalue weighted by atomic mass is 10.8. The van der Waals surface area contributed by atoms with Crippen molar-refractivity contribution in [1.82, 2.24) is 0 Å². The maximum absolute atomic E-state index is 10.4. The maximum Gasteiger partial charge on any atom is 0.508 e. The minimum Gasteiger partial charge on any atom is -0.434 e. The van der Waals surface area contributed by atoms with Gasteiger partial charge in [0.25, 0.3) is 5.09 Å². The summed E-state index contributed by atoms with van der Waals surface area (Å²) < 4.78 is 8.55. The molecule has 0 aliphatic heterocycles. The van der Waals surface area contributed by atoms with Crippen LogP contribution < -0.4 is 0 Å². The topological polar surface area (TPSA) is 87.9 Å². The second kappa shape index (κ2) is 6.20. The standard InChI is InChI=1S/C5H8NO6/c1-2-10-5(7)11-3-4-12-6(8)9/h1-4H2. The largest absolute Gasteiger partial charge is 0.508 e. The molecular weight excluding hydrogens is 170 g/mol. The Bertz CT molecular complexity index is 158. The number of ether oxygens (including phenoxy) is 2. The molecule has 0 rings (SSSR count). The summed E-state index contributed by atoms with van der Waals surface area (Å²) in [5, 5.41) is 8.60. The molecule has 7 nitrogen and oxygen atoms in total. The third-order valence-corrected chi connectivity index (χ3v) is 0.720. The average Bonchev–Trinajstić information content (AvgIpc) is 1.98. The molecule has 0 saturated carbocycles. The molecule has 0 N–H and O–H groups in total. The zero-order chi connectivity index (χ0) is 9.40. The van der Waals surface area contributed by atoms with Gasteiger partial charge >= 0.3 is 6.16 Å². The molecule has 0 aliphatic carbocycles. The molecule has 0 amide bonds. The fourth-order valence-corrected chi connectivity index (χ4v) is 0.362. The summed E-state index contributed by atoms with van der Waals surface area (Å²) in [6.07, 6.45) is -0.919. The third-order valence-electron chi connectivity index (χ3n) is 0.720. The fourth-order valence-electron chi connectivity index (χ4n) is 0.362. The molecule has 7 heteroatoms. The zero-order valence-corrected chi connectivity index (χ0v) is 6.23. The molecule has 0 bridgehead atoms. The van der Waals surface area contributed by atoms with Gasteiger partial charge in [-0.2, -0.15) is 0 Å². The van der Waals surface area contributed by atoms with Crippen LogP contribution in [0.5, 0.6) is 0 Å². The zero-order valence-electron chi connectivity index (χ0n) is 6.23. The van der Waals surface area contributed by atoms with Crippen LogP contribution in [0, 0.1) is 17.0 Å². The minimum atomic E-state index is -0.976. The van der Waals surface area contributed by atoms with Crippen molar-refractivity contribution in [2.24, 2.45) is 0 Å². The van der Waals surface area contributed by atoms with Crippen molar-refractivity contribution in [2.75, 3.05) is 19.8 Å². The van der Waals surface area contributed by atoms with Gasteiger partial charge in [-0.25, -0.2) is 4.79 Å². The molecule has 1 radical (unpaired) electrons. The second-order valence-corrected chi connectivity index (χ2v) is 1.50. The summed E-state index contributed by atoms with van der Waals surface area (Å²) in [6, 6.07) is 0. The first-order valence-electron chi connectivity index (χ1n) is 3.03. The summed E-state index contributed by atoms with van der Waals surface area (Å²) in [5.74, 6) is 0. The van der Waals surface area contributed by atoms with E-state index in [4.69, 9.17) is 0 Å². The van der Waals surface area contributed by atoms with Crippen molar-refractivity contribution in [3.8, 4) is 0 Å². The van der Waals surface area contributed by atoms with Gasteiger partial charge in [0.1, 0.15) is 13.2 Å². The van der Waals surface area contributed by atoms with Crippen LogP contribution in [-0.4, -0.2) is 31.1 Å². The summed E-state index contributed by atoms with van der Waals surface area (Å²) in [7, 11) is 0. The average molecular weight is 178 g/mol. The molecule has 0 aliphatic rings. The van der Waals surface area contributed by atoms with E-state index in [9.17, 15) is 14.9 Å². The number of carbonyl (C=O) groups is 1. The molecule has 0 fully saturated rings. The molecule has 0 spiro atoms. The van der Waals surface area contributed by atoms with E-state index in [2.05, 4.69) is 21.2 Å². The first-order chi connectivity index (χ1) is 5.66. The van der Waals surface area contributed by atoms with Crippen molar-refractivity contribution in [1.29, 1.82) is 0 Å². The maximum atomic E-state index is 10.4. The third kappa shape index (κ3) is 6.59. The fraction of sp³-hybridized carbons (Fsp3) is 0.600. The molecular formula is C5H8NO6. The molecule has 0 atom stereocenters. The van der Waals surface area contributed by atoms with Crippen LogP contribution in [0.25, 0.3) is 0 Å². The number of rotatable bonds is 5. The van der Waals surface area contributed by atoms with Crippen LogP contribution in [0.15, 0.2) is 0 Å². The summed E-state index contributed by atoms with van der Waals surface area (Å²) in [4.78, 5) is 23.8. The normalized spacial score (nSPS) is 8.75. The van der Waals surface area contributed by atoms with Crippen molar-refractivity contribution in [3.05, 3.63) is 17.0 Å². The van der Waals surface area contributed by atoms with Gasteiger partial charge in [0.2, 0.25) is 0 Å². The van der Waals surface area contributed by atoms with Crippen molar-refractivity contribution in [3.63, 3.8) is 0 Å². The highest BCUT2D eigenvalue weighted by Crippen LogP contribution is 1.85. The molecule has 0 unspecified atom stereocenters. The lowest BCUT2D eigenvalue weighted by Crippen LogP contribution is -2.13. The number of nitrogens with zero attached hydrogens (tertiary/aromatic N) is 1. The number of hydrogen-bond acceptors (Lipinski definition) is 6. The highest BCUT2D eigenvalue weighted by molar-refractivity contribution is 5.59. The van der Waals surface area contributed by atoms with E-state index in [0.717, 1.165) is 0 Å². The molecule has 0 aromatic rings. The number of carbonyl (C=O) groups excluding carboxylic acids is 1. The van der Waals surface area contributed by atoms with E-state index in [1.54, 1.807) is 0 Å². The van der Waals surface area contributed by atoms with E-state index >= 15 is 0 Å². The van der Waals surface area contributed by atoms with E-state index in [1.165, 1.54) is 0 Å². The van der Waals surface area contributed by atoms with Gasteiger partial charge in [-0.15, -0.1) is 10.1 Å². The van der Waals surface area contributed by atoms with Crippen molar-refractivity contribution in [2.45, 2.75) is 0 Å². The molecule has 0 saturated heterocycles. The molecule has 0 aromatic carbocycles. The van der Waals surface area contributed by atoms with Crippen LogP contribution in [0.3, 0.4) is 0 Å². The predicted octanol–water partition coefficient (Wildman–Crippen LogP) is 0.182. The van der Waals surface area contributed by atoms with Gasteiger partial charge < -0.3 is 14.3 Å². The Labute approximate surface area is 68.3 Å². The molecule has 0 heterocycles. The van der Waals surface area contributed by atoms with Gasteiger partial charge in [-0.05, 0) is 6.92 Å². The smallest absolute Gasteiger partial charge is 0.434 e. The molecule has 69 valence electrons. The van der Waals surface area contributed by atoms with Gasteiger partial charge in [0.05, 0.1) is 6.61 Å². The van der Waals surface area contributed by atoms with Gasteiger partial charge in [0.15, 0.2) is 0 Å². The number of hydrogen-bond donors (Lipinski definition) is 0. The van der Waals surface area contributed by atoms with Crippen LogP contribution in [0.1, 0.15) is 0 Å². The van der Waals surface area contributed by atoms with Gasteiger partial charge in [-0.3, -0.25) is 0 Å².